The number of nitrogens with one attached hydrogen (secondary N) is 3. The van der Waals surface area contributed by atoms with Crippen LogP contribution < -0.4 is 16.0 Å². The molecule has 0 aromatic carbocycles. The summed E-state index contributed by atoms with van der Waals surface area (Å²) < 4.78 is 0.294. The van der Waals surface area contributed by atoms with Crippen LogP contribution >= 0.6 is 35.7 Å². The van der Waals surface area contributed by atoms with Crippen molar-refractivity contribution in [3.8, 4) is 0 Å². The second kappa shape index (κ2) is 9.85. The Balaban J connectivity index is 0.00000242. The predicted octanol–water partition coefficient (Wildman–Crippen LogP) is 1.97. The molecule has 1 unspecified atom stereocenters. The molecule has 7 heteroatoms. The van der Waals surface area contributed by atoms with Gasteiger partial charge >= 0.3 is 0 Å². The lowest BCUT2D eigenvalue weighted by atomic mass is 10.1. The Hall–Kier alpha value is -0.180. The van der Waals surface area contributed by atoms with E-state index in [0.717, 1.165) is 31.9 Å². The number of carbonyl (C=O) groups is 1. The van der Waals surface area contributed by atoms with Gasteiger partial charge in [0.05, 0.1) is 6.54 Å². The van der Waals surface area contributed by atoms with E-state index in [1.54, 1.807) is 0 Å². The Kier molecular flexibility index (Phi) is 8.89. The van der Waals surface area contributed by atoms with E-state index in [4.69, 9.17) is 4.99 Å². The van der Waals surface area contributed by atoms with E-state index in [2.05, 4.69) is 29.8 Å². The summed E-state index contributed by atoms with van der Waals surface area (Å²) in [5.41, 5.74) is 0. The Morgan fingerprint density at radius 2 is 2.00 bits per heavy atom. The number of hydrogen-bond donors (Lipinski definition) is 3. The zero-order valence-electron chi connectivity index (χ0n) is 13.6. The van der Waals surface area contributed by atoms with E-state index in [0.29, 0.717) is 17.8 Å². The minimum atomic E-state index is 0. The number of halogens is 1. The average molecular weight is 440 g/mol. The molecule has 1 saturated carbocycles. The lowest BCUT2D eigenvalue weighted by Gasteiger charge is -2.21. The van der Waals surface area contributed by atoms with Crippen LogP contribution in [0.1, 0.15) is 39.5 Å². The molecule has 1 aliphatic carbocycles. The van der Waals surface area contributed by atoms with Gasteiger partial charge in [-0.15, -0.1) is 24.0 Å². The highest BCUT2D eigenvalue weighted by Gasteiger charge is 2.29. The third-order valence-corrected chi connectivity index (χ3v) is 5.40. The number of nitrogens with zero attached hydrogens (tertiary/aromatic N) is 1. The molecule has 2 fully saturated rings. The largest absolute Gasteiger partial charge is 0.357 e. The topological polar surface area (TPSA) is 65.5 Å². The van der Waals surface area contributed by atoms with Crippen molar-refractivity contribution in [2.45, 2.75) is 44.3 Å². The van der Waals surface area contributed by atoms with Crippen LogP contribution in [0.4, 0.5) is 0 Å². The number of guanidine groups is 1. The molecule has 2 aliphatic rings. The molecule has 1 heterocycles. The Morgan fingerprint density at radius 1 is 1.27 bits per heavy atom. The van der Waals surface area contributed by atoms with Crippen molar-refractivity contribution in [1.82, 2.24) is 16.0 Å². The van der Waals surface area contributed by atoms with Gasteiger partial charge in [0.2, 0.25) is 5.91 Å². The molecule has 1 aliphatic heterocycles. The van der Waals surface area contributed by atoms with Gasteiger partial charge in [-0.1, -0.05) is 0 Å². The average Bonchev–Trinajstić information content (AvgIpc) is 3.23. The fraction of sp³-hybridized carbons (Fsp3) is 0.867. The van der Waals surface area contributed by atoms with Gasteiger partial charge in [0.15, 0.2) is 5.96 Å². The molecule has 1 atom stereocenters. The molecule has 0 spiro atoms. The number of hydrogen-bond acceptors (Lipinski definition) is 3. The summed E-state index contributed by atoms with van der Waals surface area (Å²) in [4.78, 5) is 16.2. The summed E-state index contributed by atoms with van der Waals surface area (Å²) in [6, 6.07) is 0. The van der Waals surface area contributed by atoms with Gasteiger partial charge in [-0.3, -0.25) is 9.79 Å². The van der Waals surface area contributed by atoms with Crippen LogP contribution in [0.25, 0.3) is 0 Å². The van der Waals surface area contributed by atoms with Crippen LogP contribution in [-0.2, 0) is 4.79 Å². The molecule has 0 radical (unpaired) electrons. The molecule has 128 valence electrons. The maximum atomic E-state index is 11.5. The molecule has 5 nitrogen and oxygen atoms in total. The Bertz CT molecular complexity index is 382. The third-order valence-electron chi connectivity index (χ3n) is 3.88. The Morgan fingerprint density at radius 3 is 2.59 bits per heavy atom. The number of rotatable bonds is 7. The molecule has 2 rings (SSSR count). The summed E-state index contributed by atoms with van der Waals surface area (Å²) in [5.74, 6) is 2.59. The molecule has 3 N–H and O–H groups in total. The van der Waals surface area contributed by atoms with E-state index >= 15 is 0 Å². The Labute approximate surface area is 155 Å². The highest BCUT2D eigenvalue weighted by atomic mass is 127. The molecule has 0 aromatic rings. The van der Waals surface area contributed by atoms with Gasteiger partial charge in [0.25, 0.3) is 0 Å². The van der Waals surface area contributed by atoms with E-state index in [9.17, 15) is 4.79 Å². The summed E-state index contributed by atoms with van der Waals surface area (Å²) >= 11 is 2.03. The number of amides is 1. The van der Waals surface area contributed by atoms with Crippen LogP contribution in [0.3, 0.4) is 0 Å². The van der Waals surface area contributed by atoms with E-state index in [-0.39, 0.29) is 35.8 Å². The molecule has 0 aromatic heterocycles. The van der Waals surface area contributed by atoms with Gasteiger partial charge in [-0.2, -0.15) is 11.8 Å². The molecule has 0 bridgehead atoms. The first-order chi connectivity index (χ1) is 10.1. The number of thioether (sulfide) groups is 1. The van der Waals surface area contributed by atoms with Crippen molar-refractivity contribution < 1.29 is 4.79 Å². The fourth-order valence-corrected chi connectivity index (χ4v) is 3.63. The second-order valence-electron chi connectivity index (χ2n) is 6.09. The smallest absolute Gasteiger partial charge is 0.223 e. The van der Waals surface area contributed by atoms with Gasteiger partial charge in [0.1, 0.15) is 0 Å². The van der Waals surface area contributed by atoms with Gasteiger partial charge < -0.3 is 16.0 Å². The van der Waals surface area contributed by atoms with Crippen molar-refractivity contribution in [1.29, 1.82) is 0 Å². The van der Waals surface area contributed by atoms with Crippen LogP contribution in [0, 0.1) is 5.92 Å². The first kappa shape index (κ1) is 19.9. The molecule has 1 amide bonds. The fourth-order valence-electron chi connectivity index (χ4n) is 2.41. The van der Waals surface area contributed by atoms with E-state index < -0.39 is 0 Å². The monoisotopic (exact) mass is 440 g/mol. The number of aliphatic imine (C=N–C) groups is 1. The highest BCUT2D eigenvalue weighted by molar-refractivity contribution is 14.0. The van der Waals surface area contributed by atoms with Crippen molar-refractivity contribution in [3.05, 3.63) is 0 Å². The first-order valence-corrected chi connectivity index (χ1v) is 9.05. The third kappa shape index (κ3) is 6.93. The van der Waals surface area contributed by atoms with E-state index in [1.165, 1.54) is 18.6 Å². The second-order valence-corrected chi connectivity index (χ2v) is 7.77. The SMILES string of the molecule is CCNC(=NCC1(C)CCCS1)NCCNC(=O)C1CC1.I. The zero-order valence-corrected chi connectivity index (χ0v) is 16.8. The lowest BCUT2D eigenvalue weighted by Crippen LogP contribution is -2.42. The quantitative estimate of drug-likeness (QED) is 0.245. The van der Waals surface area contributed by atoms with Crippen molar-refractivity contribution >= 4 is 47.6 Å². The van der Waals surface area contributed by atoms with Crippen LogP contribution in [0.5, 0.6) is 0 Å². The summed E-state index contributed by atoms with van der Waals surface area (Å²) in [6.07, 6.45) is 4.66. The van der Waals surface area contributed by atoms with Crippen molar-refractivity contribution in [2.24, 2.45) is 10.9 Å². The summed E-state index contributed by atoms with van der Waals surface area (Å²) in [5, 5.41) is 9.51. The first-order valence-electron chi connectivity index (χ1n) is 8.07. The van der Waals surface area contributed by atoms with Gasteiger partial charge in [0, 0.05) is 30.3 Å². The summed E-state index contributed by atoms with van der Waals surface area (Å²) in [7, 11) is 0. The normalized spacial score (nSPS) is 24.5. The molecule has 1 saturated heterocycles. The minimum absolute atomic E-state index is 0. The molecule has 22 heavy (non-hydrogen) atoms. The summed E-state index contributed by atoms with van der Waals surface area (Å²) in [6.45, 7) is 7.44. The van der Waals surface area contributed by atoms with Crippen LogP contribution in [0.15, 0.2) is 4.99 Å². The maximum Gasteiger partial charge on any atom is 0.223 e. The standard InChI is InChI=1S/C15H28N4OS.HI/c1-3-16-14(19-11-15(2)7-4-10-21-15)18-9-8-17-13(20)12-5-6-12;/h12H,3-11H2,1-2H3,(H,17,20)(H2,16,18,19);1H. The highest BCUT2D eigenvalue weighted by Crippen LogP contribution is 2.37. The van der Waals surface area contributed by atoms with Crippen LogP contribution in [-0.4, -0.2) is 48.5 Å². The van der Waals surface area contributed by atoms with Crippen molar-refractivity contribution in [2.75, 3.05) is 31.9 Å². The molecular formula is C15H29IN4OS. The predicted molar refractivity (Wildman–Crippen MR) is 105 cm³/mol. The van der Waals surface area contributed by atoms with Crippen molar-refractivity contribution in [3.63, 3.8) is 0 Å². The zero-order chi connectivity index (χ0) is 15.1. The lowest BCUT2D eigenvalue weighted by molar-refractivity contribution is -0.122. The minimum Gasteiger partial charge on any atom is -0.357 e. The number of carbonyl (C=O) groups excluding carboxylic acids is 1. The maximum absolute atomic E-state index is 11.5. The van der Waals surface area contributed by atoms with Gasteiger partial charge in [-0.25, -0.2) is 0 Å². The van der Waals surface area contributed by atoms with Crippen LogP contribution in [0.2, 0.25) is 0 Å². The van der Waals surface area contributed by atoms with Gasteiger partial charge in [-0.05, 0) is 45.3 Å². The van der Waals surface area contributed by atoms with E-state index in [1.807, 2.05) is 11.8 Å². The molecular weight excluding hydrogens is 411 g/mol.